The van der Waals surface area contributed by atoms with Crippen molar-refractivity contribution in [3.8, 4) is 0 Å². The molecule has 29 heavy (non-hydrogen) atoms. The fourth-order valence-electron chi connectivity index (χ4n) is 2.80. The van der Waals surface area contributed by atoms with Gasteiger partial charge in [0, 0.05) is 11.3 Å². The molecule has 0 bridgehead atoms. The van der Waals surface area contributed by atoms with Crippen molar-refractivity contribution in [2.45, 2.75) is 39.0 Å². The lowest BCUT2D eigenvalue weighted by atomic mass is 9.99. The minimum absolute atomic E-state index is 0.0753. The van der Waals surface area contributed by atoms with E-state index in [9.17, 15) is 13.2 Å². The van der Waals surface area contributed by atoms with Crippen molar-refractivity contribution in [2.75, 3.05) is 10.0 Å². The Morgan fingerprint density at radius 1 is 1.07 bits per heavy atom. The highest BCUT2D eigenvalue weighted by atomic mass is 32.2. The van der Waals surface area contributed by atoms with Gasteiger partial charge in [-0.3, -0.25) is 9.52 Å². The van der Waals surface area contributed by atoms with E-state index in [1.54, 1.807) is 12.1 Å². The number of aromatic nitrogens is 2. The Balaban J connectivity index is 1.75. The second-order valence-electron chi connectivity index (χ2n) is 6.69. The highest BCUT2D eigenvalue weighted by Gasteiger charge is 2.17. The molecule has 9 heteroatoms. The minimum atomic E-state index is -3.78. The third-order valence-electron chi connectivity index (χ3n) is 4.47. The molecule has 3 rings (SSSR count). The molecule has 0 atom stereocenters. The van der Waals surface area contributed by atoms with Crippen molar-refractivity contribution in [1.29, 1.82) is 0 Å². The first kappa shape index (κ1) is 20.9. The third kappa shape index (κ3) is 4.80. The summed E-state index contributed by atoms with van der Waals surface area (Å²) in [6, 6.07) is 9.86. The average Bonchev–Trinajstić information content (AvgIpc) is 3.12. The quantitative estimate of drug-likeness (QED) is 0.614. The lowest BCUT2D eigenvalue weighted by Gasteiger charge is -2.12. The molecule has 1 aromatic heterocycles. The molecule has 7 nitrogen and oxygen atoms in total. The van der Waals surface area contributed by atoms with Gasteiger partial charge in [-0.05, 0) is 68.7 Å². The van der Waals surface area contributed by atoms with Crippen LogP contribution in [0.15, 0.2) is 41.3 Å². The monoisotopic (exact) mass is 430 g/mol. The zero-order valence-corrected chi connectivity index (χ0v) is 18.2. The molecule has 2 N–H and O–H groups in total. The average molecular weight is 431 g/mol. The zero-order valence-electron chi connectivity index (χ0n) is 16.6. The Morgan fingerprint density at radius 3 is 2.38 bits per heavy atom. The number of nitrogens with one attached hydrogen (secondary N) is 2. The Labute approximate surface area is 174 Å². The minimum Gasteiger partial charge on any atom is -0.322 e. The molecule has 2 aromatic carbocycles. The molecule has 0 saturated heterocycles. The molecule has 0 unspecified atom stereocenters. The van der Waals surface area contributed by atoms with E-state index in [1.165, 1.54) is 23.5 Å². The van der Waals surface area contributed by atoms with Gasteiger partial charge in [-0.15, -0.1) is 10.2 Å². The molecule has 0 aliphatic carbocycles. The number of nitrogens with zero attached hydrogens (tertiary/aromatic N) is 2. The van der Waals surface area contributed by atoms with Crippen LogP contribution in [0.25, 0.3) is 0 Å². The fourth-order valence-corrected chi connectivity index (χ4v) is 4.71. The molecule has 1 heterocycles. The Bertz CT molecular complexity index is 1150. The van der Waals surface area contributed by atoms with E-state index in [-0.39, 0.29) is 15.9 Å². The van der Waals surface area contributed by atoms with Crippen LogP contribution < -0.4 is 10.0 Å². The number of aryl methyl sites for hydroxylation is 3. The van der Waals surface area contributed by atoms with Crippen LogP contribution >= 0.6 is 11.3 Å². The molecule has 152 valence electrons. The topological polar surface area (TPSA) is 101 Å². The zero-order chi connectivity index (χ0) is 21.2. The number of hydrogen-bond donors (Lipinski definition) is 2. The van der Waals surface area contributed by atoms with Gasteiger partial charge < -0.3 is 5.32 Å². The van der Waals surface area contributed by atoms with Crippen molar-refractivity contribution in [3.63, 3.8) is 0 Å². The van der Waals surface area contributed by atoms with Crippen molar-refractivity contribution in [3.05, 3.63) is 63.7 Å². The number of amides is 1. The van der Waals surface area contributed by atoms with Crippen LogP contribution in [0.5, 0.6) is 0 Å². The van der Waals surface area contributed by atoms with Crippen LogP contribution in [-0.4, -0.2) is 24.5 Å². The Kier molecular flexibility index (Phi) is 5.99. The molecule has 3 aromatic rings. The van der Waals surface area contributed by atoms with Crippen molar-refractivity contribution in [1.82, 2.24) is 10.2 Å². The van der Waals surface area contributed by atoms with Gasteiger partial charge in [0.15, 0.2) is 0 Å². The number of rotatable bonds is 6. The predicted octanol–water partition coefficient (Wildman–Crippen LogP) is 4.08. The Hall–Kier alpha value is -2.78. The second kappa shape index (κ2) is 8.30. The van der Waals surface area contributed by atoms with Crippen LogP contribution in [-0.2, 0) is 16.4 Å². The summed E-state index contributed by atoms with van der Waals surface area (Å²) in [5, 5.41) is 11.5. The molecular formula is C20H22N4O3S2. The van der Waals surface area contributed by atoms with Gasteiger partial charge in [-0.2, -0.15) is 0 Å². The normalized spacial score (nSPS) is 11.3. The summed E-state index contributed by atoms with van der Waals surface area (Å²) in [5.74, 6) is -0.232. The van der Waals surface area contributed by atoms with Gasteiger partial charge in [0.1, 0.15) is 5.01 Å². The summed E-state index contributed by atoms with van der Waals surface area (Å²) in [6.45, 7) is 7.73. The highest BCUT2D eigenvalue weighted by molar-refractivity contribution is 7.93. The van der Waals surface area contributed by atoms with E-state index in [0.717, 1.165) is 21.7 Å². The Morgan fingerprint density at radius 2 is 1.76 bits per heavy atom. The van der Waals surface area contributed by atoms with Gasteiger partial charge in [0.25, 0.3) is 15.9 Å². The van der Waals surface area contributed by atoms with Crippen molar-refractivity contribution >= 4 is 38.1 Å². The standard InChI is InChI=1S/C20H22N4O3S2/c1-5-18-22-23-20(28-18)24-29(26,27)16-8-6-15(7-9-16)21-19(25)17-11-12(2)10-13(3)14(17)4/h6-11H,5H2,1-4H3,(H,21,25)(H,23,24). The fraction of sp³-hybridized carbons (Fsp3) is 0.250. The summed E-state index contributed by atoms with van der Waals surface area (Å²) in [7, 11) is -3.78. The smallest absolute Gasteiger partial charge is 0.263 e. The van der Waals surface area contributed by atoms with E-state index in [0.29, 0.717) is 17.7 Å². The molecule has 0 saturated carbocycles. The summed E-state index contributed by atoms with van der Waals surface area (Å²) in [6.07, 6.45) is 0.688. The van der Waals surface area contributed by atoms with E-state index >= 15 is 0 Å². The van der Waals surface area contributed by atoms with E-state index in [2.05, 4.69) is 20.2 Å². The van der Waals surface area contributed by atoms with Crippen LogP contribution in [0.2, 0.25) is 0 Å². The summed E-state index contributed by atoms with van der Waals surface area (Å²) < 4.78 is 27.5. The number of anilines is 2. The maximum absolute atomic E-state index is 12.6. The van der Waals surface area contributed by atoms with Crippen LogP contribution in [0.3, 0.4) is 0 Å². The van der Waals surface area contributed by atoms with E-state index in [1.807, 2.05) is 39.8 Å². The predicted molar refractivity (Wildman–Crippen MR) is 115 cm³/mol. The number of hydrogen-bond acceptors (Lipinski definition) is 6. The van der Waals surface area contributed by atoms with Crippen molar-refractivity contribution < 1.29 is 13.2 Å². The molecule has 0 aliphatic rings. The highest BCUT2D eigenvalue weighted by Crippen LogP contribution is 2.22. The molecule has 0 radical (unpaired) electrons. The third-order valence-corrected chi connectivity index (χ3v) is 6.94. The summed E-state index contributed by atoms with van der Waals surface area (Å²) in [5.41, 5.74) is 4.08. The number of carbonyl (C=O) groups excluding carboxylic acids is 1. The van der Waals surface area contributed by atoms with Crippen molar-refractivity contribution in [2.24, 2.45) is 0 Å². The van der Waals surface area contributed by atoms with Gasteiger partial charge in [0.05, 0.1) is 4.90 Å². The molecule has 0 aliphatic heterocycles. The van der Waals surface area contributed by atoms with Gasteiger partial charge in [-0.1, -0.05) is 29.9 Å². The summed E-state index contributed by atoms with van der Waals surface area (Å²) in [4.78, 5) is 12.7. The number of sulfonamides is 1. The molecular weight excluding hydrogens is 408 g/mol. The SMILES string of the molecule is CCc1nnc(NS(=O)(=O)c2ccc(NC(=O)c3cc(C)cc(C)c3C)cc2)s1. The first-order valence-electron chi connectivity index (χ1n) is 9.04. The van der Waals surface area contributed by atoms with Crippen LogP contribution in [0.1, 0.15) is 39.0 Å². The first-order chi connectivity index (χ1) is 13.7. The second-order valence-corrected chi connectivity index (χ2v) is 9.44. The maximum atomic E-state index is 12.6. The van der Waals surface area contributed by atoms with Gasteiger partial charge in [0.2, 0.25) is 5.13 Å². The van der Waals surface area contributed by atoms with E-state index < -0.39 is 10.0 Å². The lowest BCUT2D eigenvalue weighted by molar-refractivity contribution is 0.102. The van der Waals surface area contributed by atoms with Gasteiger partial charge >= 0.3 is 0 Å². The van der Waals surface area contributed by atoms with Crippen LogP contribution in [0, 0.1) is 20.8 Å². The molecule has 0 spiro atoms. The first-order valence-corrected chi connectivity index (χ1v) is 11.3. The molecule has 0 fully saturated rings. The lowest BCUT2D eigenvalue weighted by Crippen LogP contribution is -2.15. The molecule has 1 amide bonds. The largest absolute Gasteiger partial charge is 0.322 e. The van der Waals surface area contributed by atoms with Crippen LogP contribution in [0.4, 0.5) is 10.8 Å². The van der Waals surface area contributed by atoms with Gasteiger partial charge in [-0.25, -0.2) is 8.42 Å². The summed E-state index contributed by atoms with van der Waals surface area (Å²) >= 11 is 1.20. The van der Waals surface area contributed by atoms with E-state index in [4.69, 9.17) is 0 Å². The number of benzene rings is 2. The number of carbonyl (C=O) groups is 1. The maximum Gasteiger partial charge on any atom is 0.263 e.